The molecule has 0 spiro atoms. The van der Waals surface area contributed by atoms with E-state index in [1.807, 2.05) is 30.3 Å². The molecule has 1 aliphatic heterocycles. The lowest BCUT2D eigenvalue weighted by Gasteiger charge is -2.31. The van der Waals surface area contributed by atoms with Gasteiger partial charge in [0.1, 0.15) is 5.54 Å². The molecule has 1 aromatic carbocycles. The zero-order chi connectivity index (χ0) is 14.7. The van der Waals surface area contributed by atoms with Crippen LogP contribution in [-0.2, 0) is 9.53 Å². The van der Waals surface area contributed by atoms with Gasteiger partial charge >= 0.3 is 0 Å². The van der Waals surface area contributed by atoms with Crippen molar-refractivity contribution in [2.75, 3.05) is 18.5 Å². The third-order valence-electron chi connectivity index (χ3n) is 3.77. The van der Waals surface area contributed by atoms with E-state index < -0.39 is 5.54 Å². The molecule has 0 aliphatic carbocycles. The second-order valence-corrected chi connectivity index (χ2v) is 5.27. The number of ether oxygens (including phenoxy) is 1. The van der Waals surface area contributed by atoms with Gasteiger partial charge in [-0.25, -0.2) is 0 Å². The first-order chi connectivity index (χ1) is 10.2. The van der Waals surface area contributed by atoms with E-state index in [0.29, 0.717) is 26.1 Å². The number of aromatic nitrogens is 2. The zero-order valence-corrected chi connectivity index (χ0v) is 12.9. The lowest BCUT2D eigenvalue weighted by Crippen LogP contribution is -2.54. The van der Waals surface area contributed by atoms with Gasteiger partial charge in [0.25, 0.3) is 0 Å². The summed E-state index contributed by atoms with van der Waals surface area (Å²) in [6.07, 6.45) is 2.77. The number of carbonyl (C=O) groups is 1. The Morgan fingerprint density at radius 2 is 2.09 bits per heavy atom. The van der Waals surface area contributed by atoms with Crippen molar-refractivity contribution in [3.8, 4) is 11.3 Å². The van der Waals surface area contributed by atoms with Crippen LogP contribution in [-0.4, -0.2) is 34.9 Å². The fourth-order valence-corrected chi connectivity index (χ4v) is 2.40. The van der Waals surface area contributed by atoms with Crippen molar-refractivity contribution in [1.82, 2.24) is 10.2 Å². The van der Waals surface area contributed by atoms with Gasteiger partial charge in [-0.3, -0.25) is 9.89 Å². The molecule has 22 heavy (non-hydrogen) atoms. The number of halogens is 1. The predicted octanol–water partition coefficient (Wildman–Crippen LogP) is 1.94. The molecule has 2 aromatic rings. The van der Waals surface area contributed by atoms with Crippen molar-refractivity contribution >= 4 is 24.0 Å². The van der Waals surface area contributed by atoms with E-state index in [4.69, 9.17) is 10.5 Å². The fraction of sp³-hybridized carbons (Fsp3) is 0.333. The van der Waals surface area contributed by atoms with Crippen LogP contribution in [0.15, 0.2) is 36.5 Å². The van der Waals surface area contributed by atoms with Gasteiger partial charge in [0.15, 0.2) is 0 Å². The maximum Gasteiger partial charge on any atom is 0.244 e. The first-order valence-corrected chi connectivity index (χ1v) is 6.95. The highest BCUT2D eigenvalue weighted by atomic mass is 35.5. The minimum atomic E-state index is -0.845. The number of anilines is 1. The maximum absolute atomic E-state index is 12.4. The highest BCUT2D eigenvalue weighted by Crippen LogP contribution is 2.23. The summed E-state index contributed by atoms with van der Waals surface area (Å²) in [4.78, 5) is 12.4. The average molecular weight is 323 g/mol. The Morgan fingerprint density at radius 3 is 2.77 bits per heavy atom. The molecule has 1 saturated heterocycles. The van der Waals surface area contributed by atoms with Crippen LogP contribution in [0.5, 0.6) is 0 Å². The SMILES string of the molecule is Cl.NC1(C(=O)Nc2cccc(-c3ccn[nH]3)c2)CCOCC1. The summed E-state index contributed by atoms with van der Waals surface area (Å²) < 4.78 is 5.26. The van der Waals surface area contributed by atoms with E-state index in [2.05, 4.69) is 15.5 Å². The Balaban J connectivity index is 0.00000176. The van der Waals surface area contributed by atoms with Gasteiger partial charge in [0.2, 0.25) is 5.91 Å². The number of benzene rings is 1. The number of nitrogens with one attached hydrogen (secondary N) is 2. The van der Waals surface area contributed by atoms with E-state index in [1.54, 1.807) is 6.20 Å². The van der Waals surface area contributed by atoms with Gasteiger partial charge < -0.3 is 15.8 Å². The van der Waals surface area contributed by atoms with Crippen molar-refractivity contribution in [3.63, 3.8) is 0 Å². The molecule has 7 heteroatoms. The molecule has 118 valence electrons. The fourth-order valence-electron chi connectivity index (χ4n) is 2.40. The predicted molar refractivity (Wildman–Crippen MR) is 86.9 cm³/mol. The highest BCUT2D eigenvalue weighted by molar-refractivity contribution is 5.98. The number of rotatable bonds is 3. The zero-order valence-electron chi connectivity index (χ0n) is 12.0. The number of carbonyl (C=O) groups excluding carboxylic acids is 1. The molecule has 3 rings (SSSR count). The summed E-state index contributed by atoms with van der Waals surface area (Å²) in [6, 6.07) is 9.47. The number of hydrogen-bond acceptors (Lipinski definition) is 4. The van der Waals surface area contributed by atoms with Crippen LogP contribution >= 0.6 is 12.4 Å². The Bertz CT molecular complexity index is 624. The summed E-state index contributed by atoms with van der Waals surface area (Å²) in [5.74, 6) is -0.160. The summed E-state index contributed by atoms with van der Waals surface area (Å²) in [5, 5.41) is 9.73. The standard InChI is InChI=1S/C15H18N4O2.ClH/c16-15(5-8-21-9-6-15)14(20)18-12-3-1-2-11(10-12)13-4-7-17-19-13;/h1-4,7,10H,5-6,8-9,16H2,(H,17,19)(H,18,20);1H. The van der Waals surface area contributed by atoms with Gasteiger partial charge in [-0.1, -0.05) is 12.1 Å². The van der Waals surface area contributed by atoms with Crippen LogP contribution in [0.4, 0.5) is 5.69 Å². The number of nitrogens with zero attached hydrogens (tertiary/aromatic N) is 1. The second-order valence-electron chi connectivity index (χ2n) is 5.27. The molecular formula is C15H19ClN4O2. The maximum atomic E-state index is 12.4. The third kappa shape index (κ3) is 3.47. The van der Waals surface area contributed by atoms with Crippen molar-refractivity contribution in [2.24, 2.45) is 5.73 Å². The second kappa shape index (κ2) is 6.91. The van der Waals surface area contributed by atoms with Gasteiger partial charge in [-0.05, 0) is 31.0 Å². The molecule has 0 unspecified atom stereocenters. The molecule has 2 heterocycles. The summed E-state index contributed by atoms with van der Waals surface area (Å²) in [5.41, 5.74) is 7.92. The van der Waals surface area contributed by atoms with Crippen molar-refractivity contribution < 1.29 is 9.53 Å². The van der Waals surface area contributed by atoms with Crippen LogP contribution < -0.4 is 11.1 Å². The largest absolute Gasteiger partial charge is 0.381 e. The number of amides is 1. The monoisotopic (exact) mass is 322 g/mol. The number of aromatic amines is 1. The van der Waals surface area contributed by atoms with Crippen LogP contribution in [0.3, 0.4) is 0 Å². The van der Waals surface area contributed by atoms with E-state index >= 15 is 0 Å². The van der Waals surface area contributed by atoms with Crippen LogP contribution in [0.1, 0.15) is 12.8 Å². The molecule has 1 amide bonds. The minimum Gasteiger partial charge on any atom is -0.381 e. The summed E-state index contributed by atoms with van der Waals surface area (Å²) >= 11 is 0. The van der Waals surface area contributed by atoms with Crippen LogP contribution in [0, 0.1) is 0 Å². The molecule has 0 saturated carbocycles. The van der Waals surface area contributed by atoms with Crippen molar-refractivity contribution in [3.05, 3.63) is 36.5 Å². The molecule has 0 radical (unpaired) electrons. The van der Waals surface area contributed by atoms with Gasteiger partial charge in [0.05, 0.1) is 5.69 Å². The summed E-state index contributed by atoms with van der Waals surface area (Å²) in [7, 11) is 0. The van der Waals surface area contributed by atoms with Crippen LogP contribution in [0.2, 0.25) is 0 Å². The van der Waals surface area contributed by atoms with Crippen molar-refractivity contribution in [1.29, 1.82) is 0 Å². The Morgan fingerprint density at radius 1 is 1.32 bits per heavy atom. The summed E-state index contributed by atoms with van der Waals surface area (Å²) in [6.45, 7) is 1.05. The molecule has 1 fully saturated rings. The third-order valence-corrected chi connectivity index (χ3v) is 3.77. The highest BCUT2D eigenvalue weighted by Gasteiger charge is 2.35. The van der Waals surface area contributed by atoms with E-state index in [1.165, 1.54) is 0 Å². The quantitative estimate of drug-likeness (QED) is 0.805. The molecule has 4 N–H and O–H groups in total. The van der Waals surface area contributed by atoms with Gasteiger partial charge in [-0.15, -0.1) is 12.4 Å². The van der Waals surface area contributed by atoms with E-state index in [9.17, 15) is 4.79 Å². The number of hydrogen-bond donors (Lipinski definition) is 3. The van der Waals surface area contributed by atoms with E-state index in [-0.39, 0.29) is 18.3 Å². The van der Waals surface area contributed by atoms with Gasteiger partial charge in [-0.2, -0.15) is 5.10 Å². The van der Waals surface area contributed by atoms with Gasteiger partial charge in [0, 0.05) is 30.7 Å². The first-order valence-electron chi connectivity index (χ1n) is 6.95. The molecular weight excluding hydrogens is 304 g/mol. The Labute approximate surface area is 134 Å². The smallest absolute Gasteiger partial charge is 0.244 e. The van der Waals surface area contributed by atoms with Crippen molar-refractivity contribution in [2.45, 2.75) is 18.4 Å². The average Bonchev–Trinajstić information content (AvgIpc) is 3.02. The Kier molecular flexibility index (Phi) is 5.18. The molecule has 1 aromatic heterocycles. The van der Waals surface area contributed by atoms with E-state index in [0.717, 1.165) is 16.9 Å². The molecule has 0 atom stereocenters. The molecule has 1 aliphatic rings. The van der Waals surface area contributed by atoms with Crippen LogP contribution in [0.25, 0.3) is 11.3 Å². The minimum absolute atomic E-state index is 0. The normalized spacial score (nSPS) is 16.6. The first kappa shape index (κ1) is 16.5. The number of H-pyrrole nitrogens is 1. The molecule has 0 bridgehead atoms. The molecule has 6 nitrogen and oxygen atoms in total. The lowest BCUT2D eigenvalue weighted by molar-refractivity contribution is -0.124. The number of nitrogens with two attached hydrogens (primary N) is 1. The topological polar surface area (TPSA) is 93.0 Å². The lowest BCUT2D eigenvalue weighted by atomic mass is 9.90. The Hall–Kier alpha value is -1.89.